The Hall–Kier alpha value is -4.01. The summed E-state index contributed by atoms with van der Waals surface area (Å²) >= 11 is 6.66. The van der Waals surface area contributed by atoms with Gasteiger partial charge in [0.05, 0.1) is 23.3 Å². The predicted octanol–water partition coefficient (Wildman–Crippen LogP) is 4.90. The number of carbonyl (C=O) groups excluding carboxylic acids is 2. The third kappa shape index (κ3) is 5.69. The SMILES string of the molecule is N#Cc1ccnc(N2C(C(=O)Nc3cccc(F)c3)([C@H](C(=O)NC3CCCCC3)c3ccccc3Cl)CCS2(=O)=O)c1. The van der Waals surface area contributed by atoms with Gasteiger partial charge in [-0.05, 0) is 61.2 Å². The molecule has 2 heterocycles. The Bertz CT molecular complexity index is 1660. The van der Waals surface area contributed by atoms with E-state index in [0.29, 0.717) is 0 Å². The maximum Gasteiger partial charge on any atom is 0.252 e. The van der Waals surface area contributed by atoms with Crippen molar-refractivity contribution in [1.29, 1.82) is 5.26 Å². The highest BCUT2D eigenvalue weighted by molar-refractivity contribution is 7.93. The van der Waals surface area contributed by atoms with Crippen LogP contribution in [-0.2, 0) is 19.6 Å². The van der Waals surface area contributed by atoms with E-state index in [1.54, 1.807) is 24.3 Å². The zero-order valence-corrected chi connectivity index (χ0v) is 24.2. The van der Waals surface area contributed by atoms with Crippen LogP contribution in [-0.4, -0.2) is 42.5 Å². The van der Waals surface area contributed by atoms with Gasteiger partial charge in [-0.1, -0.05) is 55.1 Å². The highest BCUT2D eigenvalue weighted by atomic mass is 35.5. The van der Waals surface area contributed by atoms with Crippen molar-refractivity contribution in [3.8, 4) is 6.07 Å². The number of sulfonamides is 1. The Labute approximate surface area is 248 Å². The standard InChI is InChI=1S/C30H29ClFN5O4S/c31-25-12-5-4-11-24(25)27(28(38)35-22-8-2-1-3-9-22)30(29(39)36-23-10-6-7-21(32)18-23)14-16-42(40,41)37(30)26-17-20(19-33)13-15-34-26/h4-7,10-13,15,17-18,22,27H,1-3,8-9,14,16H2,(H,35,38)(H,36,39)/t27-,30?/m0/s1. The summed E-state index contributed by atoms with van der Waals surface area (Å²) in [6, 6.07) is 16.1. The third-order valence-electron chi connectivity index (χ3n) is 7.85. The molecule has 2 fully saturated rings. The first-order valence-electron chi connectivity index (χ1n) is 13.7. The molecule has 0 spiro atoms. The van der Waals surface area contributed by atoms with Crippen molar-refractivity contribution in [3.63, 3.8) is 0 Å². The quantitative estimate of drug-likeness (QED) is 0.392. The minimum absolute atomic E-state index is 0.0768. The summed E-state index contributed by atoms with van der Waals surface area (Å²) in [4.78, 5) is 33.1. The van der Waals surface area contributed by atoms with Gasteiger partial charge in [-0.3, -0.25) is 9.59 Å². The van der Waals surface area contributed by atoms with Gasteiger partial charge in [0, 0.05) is 22.9 Å². The summed E-state index contributed by atoms with van der Waals surface area (Å²) in [6.45, 7) is 0. The summed E-state index contributed by atoms with van der Waals surface area (Å²) in [5.41, 5.74) is -1.67. The molecule has 2 amide bonds. The lowest BCUT2D eigenvalue weighted by Gasteiger charge is -2.42. The highest BCUT2D eigenvalue weighted by Crippen LogP contribution is 2.48. The van der Waals surface area contributed by atoms with E-state index in [2.05, 4.69) is 15.6 Å². The zero-order valence-electron chi connectivity index (χ0n) is 22.6. The zero-order chi connectivity index (χ0) is 29.9. The fourth-order valence-corrected chi connectivity index (χ4v) is 8.09. The number of pyridine rings is 1. The fraction of sp³-hybridized carbons (Fsp3) is 0.333. The molecular weight excluding hydrogens is 581 g/mol. The second kappa shape index (κ2) is 12.1. The van der Waals surface area contributed by atoms with Crippen LogP contribution in [0.25, 0.3) is 0 Å². The molecule has 2 N–H and O–H groups in total. The van der Waals surface area contributed by atoms with Crippen LogP contribution in [0, 0.1) is 17.1 Å². The van der Waals surface area contributed by atoms with Crippen molar-refractivity contribution in [2.45, 2.75) is 56.0 Å². The number of carbonyl (C=O) groups is 2. The Morgan fingerprint density at radius 3 is 2.57 bits per heavy atom. The average Bonchev–Trinajstić information content (AvgIpc) is 3.26. The first-order chi connectivity index (χ1) is 20.2. The summed E-state index contributed by atoms with van der Waals surface area (Å²) < 4.78 is 42.6. The van der Waals surface area contributed by atoms with E-state index in [9.17, 15) is 27.7 Å². The first kappa shape index (κ1) is 29.5. The molecule has 1 unspecified atom stereocenters. The molecule has 1 aliphatic heterocycles. The van der Waals surface area contributed by atoms with Crippen molar-refractivity contribution >= 4 is 44.9 Å². The van der Waals surface area contributed by atoms with Crippen molar-refractivity contribution < 1.29 is 22.4 Å². The van der Waals surface area contributed by atoms with Gasteiger partial charge in [-0.15, -0.1) is 0 Å². The van der Waals surface area contributed by atoms with Gasteiger partial charge in [0.1, 0.15) is 11.6 Å². The minimum atomic E-state index is -4.25. The van der Waals surface area contributed by atoms with Crippen molar-refractivity contribution in [3.05, 3.63) is 88.8 Å². The van der Waals surface area contributed by atoms with E-state index >= 15 is 0 Å². The normalized spacial score (nSPS) is 20.8. The molecule has 42 heavy (non-hydrogen) atoms. The van der Waals surface area contributed by atoms with E-state index in [1.165, 1.54) is 36.5 Å². The molecule has 2 atom stereocenters. The Morgan fingerprint density at radius 1 is 1.10 bits per heavy atom. The van der Waals surface area contributed by atoms with Gasteiger partial charge in [0.25, 0.3) is 5.91 Å². The van der Waals surface area contributed by atoms with Crippen LogP contribution in [0.1, 0.15) is 55.6 Å². The van der Waals surface area contributed by atoms with Crippen molar-refractivity contribution in [2.75, 3.05) is 15.4 Å². The van der Waals surface area contributed by atoms with Crippen LogP contribution in [0.4, 0.5) is 15.9 Å². The number of benzene rings is 2. The van der Waals surface area contributed by atoms with Crippen LogP contribution in [0.15, 0.2) is 66.9 Å². The molecule has 218 valence electrons. The summed E-state index contributed by atoms with van der Waals surface area (Å²) in [6.07, 6.45) is 5.37. The molecule has 1 aliphatic carbocycles. The number of hydrogen-bond acceptors (Lipinski definition) is 6. The summed E-state index contributed by atoms with van der Waals surface area (Å²) in [7, 11) is -4.25. The van der Waals surface area contributed by atoms with E-state index in [1.807, 2.05) is 6.07 Å². The van der Waals surface area contributed by atoms with Crippen molar-refractivity contribution in [2.24, 2.45) is 0 Å². The smallest absolute Gasteiger partial charge is 0.252 e. The monoisotopic (exact) mass is 609 g/mol. The largest absolute Gasteiger partial charge is 0.353 e. The highest BCUT2D eigenvalue weighted by Gasteiger charge is 2.63. The average molecular weight is 610 g/mol. The van der Waals surface area contributed by atoms with Crippen LogP contribution >= 0.6 is 11.6 Å². The number of hydrogen-bond donors (Lipinski definition) is 2. The van der Waals surface area contributed by atoms with E-state index in [4.69, 9.17) is 11.6 Å². The maximum absolute atomic E-state index is 14.5. The predicted molar refractivity (Wildman–Crippen MR) is 157 cm³/mol. The van der Waals surface area contributed by atoms with Gasteiger partial charge in [-0.25, -0.2) is 22.1 Å². The van der Waals surface area contributed by atoms with Crippen molar-refractivity contribution in [1.82, 2.24) is 10.3 Å². The Balaban J connectivity index is 1.74. The van der Waals surface area contributed by atoms with Crippen LogP contribution < -0.4 is 14.9 Å². The number of nitriles is 1. The minimum Gasteiger partial charge on any atom is -0.353 e. The topological polar surface area (TPSA) is 132 Å². The third-order valence-corrected chi connectivity index (χ3v) is 9.98. The van der Waals surface area contributed by atoms with E-state index in [-0.39, 0.29) is 40.1 Å². The van der Waals surface area contributed by atoms with E-state index in [0.717, 1.165) is 42.5 Å². The first-order valence-corrected chi connectivity index (χ1v) is 15.7. The number of halogens is 2. The summed E-state index contributed by atoms with van der Waals surface area (Å²) in [5.74, 6) is -4.14. The second-order valence-corrected chi connectivity index (χ2v) is 12.9. The van der Waals surface area contributed by atoms with Gasteiger partial charge < -0.3 is 10.6 Å². The molecule has 2 aromatic carbocycles. The molecule has 1 saturated carbocycles. The molecular formula is C30H29ClFN5O4S. The van der Waals surface area contributed by atoms with Crippen LogP contribution in [0.3, 0.4) is 0 Å². The molecule has 1 saturated heterocycles. The van der Waals surface area contributed by atoms with E-state index < -0.39 is 44.9 Å². The lowest BCUT2D eigenvalue weighted by molar-refractivity contribution is -0.130. The fourth-order valence-electron chi connectivity index (χ4n) is 5.93. The van der Waals surface area contributed by atoms with Gasteiger partial charge in [0.15, 0.2) is 5.54 Å². The number of nitrogens with one attached hydrogen (secondary N) is 2. The van der Waals surface area contributed by atoms with Crippen LogP contribution in [0.2, 0.25) is 5.02 Å². The van der Waals surface area contributed by atoms with Gasteiger partial charge in [0.2, 0.25) is 15.9 Å². The molecule has 9 nitrogen and oxygen atoms in total. The summed E-state index contributed by atoms with van der Waals surface area (Å²) in [5, 5.41) is 15.4. The molecule has 2 aliphatic rings. The molecule has 0 bridgehead atoms. The molecule has 12 heteroatoms. The number of anilines is 2. The lowest BCUT2D eigenvalue weighted by Crippen LogP contribution is -2.62. The Kier molecular flexibility index (Phi) is 8.48. The number of nitrogens with zero attached hydrogens (tertiary/aromatic N) is 3. The number of amides is 2. The molecule has 3 aromatic rings. The van der Waals surface area contributed by atoms with Gasteiger partial charge >= 0.3 is 0 Å². The molecule has 0 radical (unpaired) electrons. The van der Waals surface area contributed by atoms with Gasteiger partial charge in [-0.2, -0.15) is 5.26 Å². The number of rotatable bonds is 7. The second-order valence-electron chi connectivity index (χ2n) is 10.5. The van der Waals surface area contributed by atoms with Crippen LogP contribution in [0.5, 0.6) is 0 Å². The maximum atomic E-state index is 14.5. The molecule has 5 rings (SSSR count). The Morgan fingerprint density at radius 2 is 1.86 bits per heavy atom. The number of aromatic nitrogens is 1. The molecule has 1 aromatic heterocycles. The lowest BCUT2D eigenvalue weighted by atomic mass is 9.75.